The molecule has 0 spiro atoms. The first-order valence-corrected chi connectivity index (χ1v) is 13.9. The van der Waals surface area contributed by atoms with Crippen LogP contribution >= 0.6 is 0 Å². The molecule has 1 aromatic heterocycles. The minimum absolute atomic E-state index is 0.00864. The summed E-state index contributed by atoms with van der Waals surface area (Å²) < 4.78 is 16.2. The molecule has 4 rings (SSSR count). The second kappa shape index (κ2) is 13.3. The molecular formula is C31H35FN4O5. The molecule has 216 valence electrons. The van der Waals surface area contributed by atoms with E-state index in [1.165, 1.54) is 39.8 Å². The summed E-state index contributed by atoms with van der Waals surface area (Å²) in [5, 5.41) is 16.0. The van der Waals surface area contributed by atoms with E-state index in [4.69, 9.17) is 0 Å². The van der Waals surface area contributed by atoms with Gasteiger partial charge in [-0.25, -0.2) is 4.39 Å². The molecule has 3 aromatic rings. The number of aromatic hydroxyl groups is 1. The topological polar surface area (TPSA) is 121 Å². The van der Waals surface area contributed by atoms with Gasteiger partial charge in [-0.15, -0.1) is 0 Å². The van der Waals surface area contributed by atoms with Crippen LogP contribution in [-0.4, -0.2) is 58.5 Å². The fourth-order valence-electron chi connectivity index (χ4n) is 4.98. The van der Waals surface area contributed by atoms with Crippen LogP contribution in [0.4, 0.5) is 4.39 Å². The molecular weight excluding hydrogens is 527 g/mol. The molecule has 9 nitrogen and oxygen atoms in total. The number of hydrogen-bond donors (Lipinski definition) is 3. The maximum absolute atomic E-state index is 14.6. The Balaban J connectivity index is 1.58. The SMILES string of the molecule is CCn1c(C)ccc(C(=O)N2CCCNC(=O)c3cc(ccc3F)-c3cc(ccc3O)CCNC(=O)CCC2)c1=O. The number of aromatic nitrogens is 1. The zero-order valence-corrected chi connectivity index (χ0v) is 23.3. The van der Waals surface area contributed by atoms with Gasteiger partial charge in [0.05, 0.1) is 5.56 Å². The van der Waals surface area contributed by atoms with E-state index in [1.807, 2.05) is 6.92 Å². The van der Waals surface area contributed by atoms with Gasteiger partial charge in [0, 0.05) is 50.4 Å². The zero-order chi connectivity index (χ0) is 29.5. The number of amides is 3. The highest BCUT2D eigenvalue weighted by atomic mass is 19.1. The molecule has 4 bridgehead atoms. The average Bonchev–Trinajstić information content (AvgIpc) is 2.95. The number of hydrogen-bond acceptors (Lipinski definition) is 5. The van der Waals surface area contributed by atoms with Crippen LogP contribution in [0.1, 0.15) is 58.2 Å². The van der Waals surface area contributed by atoms with Gasteiger partial charge >= 0.3 is 0 Å². The zero-order valence-electron chi connectivity index (χ0n) is 23.3. The van der Waals surface area contributed by atoms with Crippen molar-refractivity contribution in [2.75, 3.05) is 26.2 Å². The molecule has 3 amide bonds. The van der Waals surface area contributed by atoms with Gasteiger partial charge in [-0.3, -0.25) is 19.2 Å². The summed E-state index contributed by atoms with van der Waals surface area (Å²) in [6.07, 6.45) is 1.43. The van der Waals surface area contributed by atoms with Crippen LogP contribution in [0.15, 0.2) is 53.3 Å². The lowest BCUT2D eigenvalue weighted by molar-refractivity contribution is -0.121. The number of phenols is 1. The van der Waals surface area contributed by atoms with E-state index in [-0.39, 0.29) is 54.4 Å². The Labute approximate surface area is 238 Å². The maximum Gasteiger partial charge on any atom is 0.263 e. The molecule has 2 heterocycles. The third-order valence-corrected chi connectivity index (χ3v) is 7.27. The van der Waals surface area contributed by atoms with Gasteiger partial charge in [0.15, 0.2) is 0 Å². The summed E-state index contributed by atoms with van der Waals surface area (Å²) in [6.45, 7) is 5.06. The number of nitrogens with one attached hydrogen (secondary N) is 2. The van der Waals surface area contributed by atoms with Crippen molar-refractivity contribution in [3.8, 4) is 16.9 Å². The van der Waals surface area contributed by atoms with Crippen LogP contribution in [0.2, 0.25) is 0 Å². The molecule has 0 unspecified atom stereocenters. The number of carbonyl (C=O) groups is 3. The summed E-state index contributed by atoms with van der Waals surface area (Å²) in [4.78, 5) is 53.3. The van der Waals surface area contributed by atoms with Crippen molar-refractivity contribution in [3.05, 3.63) is 87.1 Å². The van der Waals surface area contributed by atoms with Crippen LogP contribution < -0.4 is 16.2 Å². The normalized spacial score (nSPS) is 15.2. The fraction of sp³-hybridized carbons (Fsp3) is 0.355. The van der Waals surface area contributed by atoms with E-state index in [0.29, 0.717) is 43.5 Å². The average molecular weight is 563 g/mol. The minimum atomic E-state index is -0.695. The molecule has 41 heavy (non-hydrogen) atoms. The van der Waals surface area contributed by atoms with E-state index >= 15 is 0 Å². The highest BCUT2D eigenvalue weighted by Gasteiger charge is 2.21. The van der Waals surface area contributed by atoms with Gasteiger partial charge < -0.3 is 25.2 Å². The lowest BCUT2D eigenvalue weighted by atomic mass is 9.98. The predicted octanol–water partition coefficient (Wildman–Crippen LogP) is 3.40. The summed E-state index contributed by atoms with van der Waals surface area (Å²) in [7, 11) is 0. The van der Waals surface area contributed by atoms with E-state index in [1.54, 1.807) is 25.1 Å². The van der Waals surface area contributed by atoms with Crippen molar-refractivity contribution in [1.82, 2.24) is 20.1 Å². The first-order valence-electron chi connectivity index (χ1n) is 13.9. The standard InChI is InChI=1S/C31H35FN4O5/c1-3-36-20(2)7-10-23(31(36)41)30(40)35-16-4-6-28(38)33-15-13-21-8-12-27(37)24(18-21)22-9-11-26(32)25(19-22)29(39)34-14-5-17-35/h7-12,18-19,37H,3-6,13-17H2,1-2H3,(H,33,38)(H,34,39). The number of aryl methyl sites for hydroxylation is 1. The largest absolute Gasteiger partial charge is 0.507 e. The van der Waals surface area contributed by atoms with E-state index < -0.39 is 17.6 Å². The molecule has 0 radical (unpaired) electrons. The van der Waals surface area contributed by atoms with Crippen molar-refractivity contribution in [2.45, 2.75) is 46.1 Å². The van der Waals surface area contributed by atoms with E-state index in [9.17, 15) is 28.7 Å². The monoisotopic (exact) mass is 562 g/mol. The van der Waals surface area contributed by atoms with Crippen molar-refractivity contribution in [1.29, 1.82) is 0 Å². The van der Waals surface area contributed by atoms with E-state index in [2.05, 4.69) is 10.6 Å². The van der Waals surface area contributed by atoms with Crippen LogP contribution in [0.25, 0.3) is 11.1 Å². The van der Waals surface area contributed by atoms with E-state index in [0.717, 1.165) is 11.3 Å². The van der Waals surface area contributed by atoms with Crippen molar-refractivity contribution < 1.29 is 23.9 Å². The molecule has 0 saturated carbocycles. The number of rotatable bonds is 2. The molecule has 0 fully saturated rings. The van der Waals surface area contributed by atoms with Crippen LogP contribution in [0.3, 0.4) is 0 Å². The van der Waals surface area contributed by atoms with Gasteiger partial charge in [0.2, 0.25) is 5.91 Å². The number of nitrogens with zero attached hydrogens (tertiary/aromatic N) is 2. The van der Waals surface area contributed by atoms with Gasteiger partial charge in [-0.05, 0) is 80.6 Å². The Hall–Kier alpha value is -4.47. The maximum atomic E-state index is 14.6. The van der Waals surface area contributed by atoms with Crippen LogP contribution in [0, 0.1) is 12.7 Å². The summed E-state index contributed by atoms with van der Waals surface area (Å²) in [6, 6.07) is 12.4. The Morgan fingerprint density at radius 2 is 1.71 bits per heavy atom. The molecule has 10 heteroatoms. The predicted molar refractivity (Wildman–Crippen MR) is 153 cm³/mol. The van der Waals surface area contributed by atoms with Crippen LogP contribution in [-0.2, 0) is 17.8 Å². The molecule has 1 aliphatic heterocycles. The summed E-state index contributed by atoms with van der Waals surface area (Å²) in [5.74, 6) is -1.92. The lowest BCUT2D eigenvalue weighted by Gasteiger charge is -2.23. The lowest BCUT2D eigenvalue weighted by Crippen LogP contribution is -2.39. The molecule has 2 aromatic carbocycles. The summed E-state index contributed by atoms with van der Waals surface area (Å²) in [5.41, 5.74) is 2.04. The minimum Gasteiger partial charge on any atom is -0.507 e. The second-order valence-electron chi connectivity index (χ2n) is 10.1. The highest BCUT2D eigenvalue weighted by Crippen LogP contribution is 2.31. The quantitative estimate of drug-likeness (QED) is 0.442. The Kier molecular flexibility index (Phi) is 9.54. The van der Waals surface area contributed by atoms with Crippen molar-refractivity contribution >= 4 is 17.7 Å². The van der Waals surface area contributed by atoms with Crippen molar-refractivity contribution in [3.63, 3.8) is 0 Å². The Bertz CT molecular complexity index is 1520. The number of benzene rings is 2. The molecule has 0 aliphatic carbocycles. The molecule has 1 aliphatic rings. The Morgan fingerprint density at radius 3 is 2.49 bits per heavy atom. The van der Waals surface area contributed by atoms with Gasteiger partial charge in [0.25, 0.3) is 17.4 Å². The number of halogens is 1. The van der Waals surface area contributed by atoms with Crippen LogP contribution in [0.5, 0.6) is 5.75 Å². The third kappa shape index (κ3) is 7.00. The smallest absolute Gasteiger partial charge is 0.263 e. The molecule has 0 saturated heterocycles. The third-order valence-electron chi connectivity index (χ3n) is 7.27. The number of phenolic OH excluding ortho intramolecular Hbond substituents is 1. The molecule has 3 N–H and O–H groups in total. The fourth-order valence-corrected chi connectivity index (χ4v) is 4.98. The second-order valence-corrected chi connectivity index (χ2v) is 10.1. The number of pyridine rings is 1. The Morgan fingerprint density at radius 1 is 0.927 bits per heavy atom. The van der Waals surface area contributed by atoms with Crippen molar-refractivity contribution in [2.24, 2.45) is 0 Å². The van der Waals surface area contributed by atoms with Gasteiger partial charge in [0.1, 0.15) is 17.1 Å². The highest BCUT2D eigenvalue weighted by molar-refractivity contribution is 5.96. The first kappa shape index (κ1) is 29.5. The van der Waals surface area contributed by atoms with Gasteiger partial charge in [-0.1, -0.05) is 12.1 Å². The number of fused-ring (bicyclic) bond motifs is 5. The number of carbonyl (C=O) groups excluding carboxylic acids is 3. The van der Waals surface area contributed by atoms with Gasteiger partial charge in [-0.2, -0.15) is 0 Å². The molecule has 0 atom stereocenters. The summed E-state index contributed by atoms with van der Waals surface area (Å²) >= 11 is 0. The first-order chi connectivity index (χ1) is 19.7.